The first-order chi connectivity index (χ1) is 17.0. The van der Waals surface area contributed by atoms with Crippen LogP contribution in [-0.4, -0.2) is 28.4 Å². The lowest BCUT2D eigenvalue weighted by Gasteiger charge is -2.26. The second-order valence-corrected chi connectivity index (χ2v) is 8.37. The molecular weight excluding hydrogens is 440 g/mol. The van der Waals surface area contributed by atoms with Gasteiger partial charge in [0.15, 0.2) is 0 Å². The van der Waals surface area contributed by atoms with Gasteiger partial charge in [-0.25, -0.2) is 0 Å². The Morgan fingerprint density at radius 3 is 2.57 bits per heavy atom. The van der Waals surface area contributed by atoms with Crippen molar-refractivity contribution in [2.45, 2.75) is 19.9 Å². The summed E-state index contributed by atoms with van der Waals surface area (Å²) in [7, 11) is 0. The van der Waals surface area contributed by atoms with Gasteiger partial charge in [-0.3, -0.25) is 19.5 Å². The summed E-state index contributed by atoms with van der Waals surface area (Å²) >= 11 is 0. The number of fused-ring (bicyclic) bond motifs is 1. The van der Waals surface area contributed by atoms with Gasteiger partial charge in [0.1, 0.15) is 11.5 Å². The average Bonchev–Trinajstić information content (AvgIpc) is 3.15. The minimum absolute atomic E-state index is 0.0273. The Labute approximate surface area is 203 Å². The molecule has 6 heteroatoms. The number of carbonyl (C=O) groups excluding carboxylic acids is 2. The number of pyridine rings is 1. The maximum absolute atomic E-state index is 13.5. The molecule has 1 aliphatic rings. The lowest BCUT2D eigenvalue weighted by molar-refractivity contribution is -0.132. The number of aryl methyl sites for hydroxylation is 1. The highest BCUT2D eigenvalue weighted by Gasteiger charge is 2.47. The number of nitrogens with zero attached hydrogens (tertiary/aromatic N) is 2. The van der Waals surface area contributed by atoms with Crippen LogP contribution in [0.3, 0.4) is 0 Å². The fourth-order valence-corrected chi connectivity index (χ4v) is 4.62. The van der Waals surface area contributed by atoms with Gasteiger partial charge in [0.05, 0.1) is 23.9 Å². The highest BCUT2D eigenvalue weighted by molar-refractivity contribution is 6.52. The molecule has 1 aliphatic heterocycles. The number of anilines is 1. The van der Waals surface area contributed by atoms with E-state index in [2.05, 4.69) is 4.98 Å². The lowest BCUT2D eigenvalue weighted by atomic mass is 9.95. The van der Waals surface area contributed by atoms with Crippen LogP contribution in [0, 0.1) is 6.92 Å². The van der Waals surface area contributed by atoms with E-state index in [1.54, 1.807) is 42.7 Å². The van der Waals surface area contributed by atoms with Crippen LogP contribution in [-0.2, 0) is 9.59 Å². The molecule has 1 unspecified atom stereocenters. The van der Waals surface area contributed by atoms with Crippen LogP contribution < -0.4 is 9.64 Å². The van der Waals surface area contributed by atoms with Crippen molar-refractivity contribution in [3.8, 4) is 5.75 Å². The van der Waals surface area contributed by atoms with E-state index in [4.69, 9.17) is 4.74 Å². The molecule has 0 aliphatic carbocycles. The van der Waals surface area contributed by atoms with E-state index < -0.39 is 17.7 Å². The van der Waals surface area contributed by atoms with Gasteiger partial charge in [0.25, 0.3) is 11.7 Å². The summed E-state index contributed by atoms with van der Waals surface area (Å²) in [4.78, 5) is 32.6. The minimum atomic E-state index is -0.832. The molecule has 0 bridgehead atoms. The van der Waals surface area contributed by atoms with Crippen molar-refractivity contribution in [1.29, 1.82) is 0 Å². The van der Waals surface area contributed by atoms with E-state index in [-0.39, 0.29) is 11.3 Å². The number of hydrogen-bond acceptors (Lipinski definition) is 5. The van der Waals surface area contributed by atoms with Crippen molar-refractivity contribution in [3.05, 3.63) is 107 Å². The fourth-order valence-electron chi connectivity index (χ4n) is 4.62. The summed E-state index contributed by atoms with van der Waals surface area (Å²) in [5, 5.41) is 13.2. The van der Waals surface area contributed by atoms with Crippen molar-refractivity contribution >= 4 is 33.9 Å². The van der Waals surface area contributed by atoms with Crippen molar-refractivity contribution in [2.24, 2.45) is 0 Å². The number of ketones is 1. The molecule has 0 saturated carbocycles. The Hall–Kier alpha value is -4.45. The SMILES string of the molecule is CCOc1ccc(/C(O)=C2\C(=O)C(=O)N(c3cccc4ccccc34)C2c2cccnc2)cc1C. The molecule has 1 atom stereocenters. The summed E-state index contributed by atoms with van der Waals surface area (Å²) in [5.74, 6) is -0.967. The van der Waals surface area contributed by atoms with Crippen molar-refractivity contribution in [2.75, 3.05) is 11.5 Å². The fraction of sp³-hybridized carbons (Fsp3) is 0.138. The van der Waals surface area contributed by atoms with Gasteiger partial charge in [-0.1, -0.05) is 42.5 Å². The first-order valence-electron chi connectivity index (χ1n) is 11.4. The smallest absolute Gasteiger partial charge is 0.300 e. The Morgan fingerprint density at radius 1 is 1.03 bits per heavy atom. The number of rotatable bonds is 5. The van der Waals surface area contributed by atoms with Gasteiger partial charge >= 0.3 is 0 Å². The number of benzene rings is 3. The van der Waals surface area contributed by atoms with Gasteiger partial charge in [-0.15, -0.1) is 0 Å². The zero-order chi connectivity index (χ0) is 24.5. The summed E-state index contributed by atoms with van der Waals surface area (Å²) in [6, 6.07) is 21.2. The number of aromatic nitrogens is 1. The van der Waals surface area contributed by atoms with E-state index in [9.17, 15) is 14.7 Å². The van der Waals surface area contributed by atoms with E-state index >= 15 is 0 Å². The quantitative estimate of drug-likeness (QED) is 0.237. The predicted molar refractivity (Wildman–Crippen MR) is 135 cm³/mol. The number of ether oxygens (including phenoxy) is 1. The number of amides is 1. The molecule has 1 saturated heterocycles. The lowest BCUT2D eigenvalue weighted by Crippen LogP contribution is -2.29. The third-order valence-corrected chi connectivity index (χ3v) is 6.22. The topological polar surface area (TPSA) is 79.7 Å². The Balaban J connectivity index is 1.73. The molecule has 6 nitrogen and oxygen atoms in total. The number of Topliss-reactive ketones (excluding diaryl/α,β-unsaturated/α-hetero) is 1. The van der Waals surface area contributed by atoms with E-state index in [1.165, 1.54) is 4.90 Å². The molecular formula is C29H24N2O4. The number of aliphatic hydroxyl groups is 1. The molecule has 1 amide bonds. The first-order valence-corrected chi connectivity index (χ1v) is 11.4. The van der Waals surface area contributed by atoms with Crippen LogP contribution in [0.15, 0.2) is 90.8 Å². The van der Waals surface area contributed by atoms with Gasteiger partial charge < -0.3 is 9.84 Å². The summed E-state index contributed by atoms with van der Waals surface area (Å²) in [6.45, 7) is 4.29. The van der Waals surface area contributed by atoms with E-state index in [0.29, 0.717) is 29.2 Å². The monoisotopic (exact) mass is 464 g/mol. The standard InChI is InChI=1S/C29H24N2O4/c1-3-35-24-14-13-20(16-18(24)2)27(32)25-26(21-10-7-15-30-17-21)31(29(34)28(25)33)23-12-6-9-19-8-4-5-11-22(19)23/h4-17,26,32H,3H2,1-2H3/b27-25+. The van der Waals surface area contributed by atoms with Crippen LogP contribution in [0.2, 0.25) is 0 Å². The molecule has 1 aromatic heterocycles. The van der Waals surface area contributed by atoms with Gasteiger partial charge in [0, 0.05) is 23.3 Å². The second-order valence-electron chi connectivity index (χ2n) is 8.37. The number of aliphatic hydroxyl groups excluding tert-OH is 1. The Bertz CT molecular complexity index is 1470. The van der Waals surface area contributed by atoms with Gasteiger partial charge in [-0.2, -0.15) is 0 Å². The zero-order valence-corrected chi connectivity index (χ0v) is 19.4. The van der Waals surface area contributed by atoms with Crippen molar-refractivity contribution < 1.29 is 19.4 Å². The third-order valence-electron chi connectivity index (χ3n) is 6.22. The third kappa shape index (κ3) is 3.83. The normalized spacial score (nSPS) is 17.2. The molecule has 5 rings (SSSR count). The summed E-state index contributed by atoms with van der Waals surface area (Å²) in [5.41, 5.74) is 2.51. The molecule has 0 spiro atoms. The van der Waals surface area contributed by atoms with Crippen molar-refractivity contribution in [1.82, 2.24) is 4.98 Å². The Morgan fingerprint density at radius 2 is 1.83 bits per heavy atom. The molecule has 0 radical (unpaired) electrons. The summed E-state index contributed by atoms with van der Waals surface area (Å²) in [6.07, 6.45) is 3.24. The van der Waals surface area contributed by atoms with Gasteiger partial charge in [-0.05, 0) is 60.7 Å². The van der Waals surface area contributed by atoms with Crippen LogP contribution in [0.1, 0.15) is 29.7 Å². The molecule has 2 heterocycles. The largest absolute Gasteiger partial charge is 0.507 e. The van der Waals surface area contributed by atoms with E-state index in [0.717, 1.165) is 16.3 Å². The molecule has 3 aromatic carbocycles. The van der Waals surface area contributed by atoms with Crippen LogP contribution in [0.4, 0.5) is 5.69 Å². The summed E-state index contributed by atoms with van der Waals surface area (Å²) < 4.78 is 5.61. The van der Waals surface area contributed by atoms with Crippen LogP contribution >= 0.6 is 0 Å². The number of hydrogen-bond donors (Lipinski definition) is 1. The molecule has 1 N–H and O–H groups in total. The highest BCUT2D eigenvalue weighted by atomic mass is 16.5. The van der Waals surface area contributed by atoms with Crippen molar-refractivity contribution in [3.63, 3.8) is 0 Å². The highest BCUT2D eigenvalue weighted by Crippen LogP contribution is 2.44. The average molecular weight is 465 g/mol. The van der Waals surface area contributed by atoms with Gasteiger partial charge in [0.2, 0.25) is 0 Å². The molecule has 1 fully saturated rings. The van der Waals surface area contributed by atoms with E-state index in [1.807, 2.05) is 56.3 Å². The number of carbonyl (C=O) groups is 2. The maximum Gasteiger partial charge on any atom is 0.300 e. The minimum Gasteiger partial charge on any atom is -0.507 e. The molecule has 4 aromatic rings. The maximum atomic E-state index is 13.5. The Kier molecular flexibility index (Phi) is 5.79. The first kappa shape index (κ1) is 22.3. The molecule has 35 heavy (non-hydrogen) atoms. The van der Waals surface area contributed by atoms with Crippen LogP contribution in [0.25, 0.3) is 16.5 Å². The predicted octanol–water partition coefficient (Wildman–Crippen LogP) is 5.57. The zero-order valence-electron chi connectivity index (χ0n) is 19.4. The van der Waals surface area contributed by atoms with Crippen LogP contribution in [0.5, 0.6) is 5.75 Å². The molecule has 174 valence electrons. The second kappa shape index (κ2) is 9.06.